The fourth-order valence-electron chi connectivity index (χ4n) is 4.84. The summed E-state index contributed by atoms with van der Waals surface area (Å²) in [5.74, 6) is 0.386. The van der Waals surface area contributed by atoms with E-state index in [1.165, 1.54) is 15.6 Å². The van der Waals surface area contributed by atoms with Crippen molar-refractivity contribution < 1.29 is 23.1 Å². The van der Waals surface area contributed by atoms with Gasteiger partial charge in [0.05, 0.1) is 12.1 Å². The van der Waals surface area contributed by atoms with Crippen molar-refractivity contribution in [3.63, 3.8) is 0 Å². The Balaban J connectivity index is 1.29. The summed E-state index contributed by atoms with van der Waals surface area (Å²) in [5.41, 5.74) is -0.000411. The van der Waals surface area contributed by atoms with Crippen molar-refractivity contribution in [1.29, 1.82) is 0 Å². The summed E-state index contributed by atoms with van der Waals surface area (Å²) in [4.78, 5) is 27.5. The number of hydrogen-bond donors (Lipinski definition) is 1. The molecule has 0 aliphatic carbocycles. The molecular weight excluding hydrogens is 450 g/mol. The van der Waals surface area contributed by atoms with Gasteiger partial charge >= 0.3 is 0 Å². The van der Waals surface area contributed by atoms with E-state index in [9.17, 15) is 18.4 Å². The summed E-state index contributed by atoms with van der Waals surface area (Å²) in [6, 6.07) is 9.98. The van der Waals surface area contributed by atoms with Crippen LogP contribution in [0.3, 0.4) is 0 Å². The molecule has 0 saturated carbocycles. The van der Waals surface area contributed by atoms with Crippen LogP contribution in [0.2, 0.25) is 0 Å². The van der Waals surface area contributed by atoms with Crippen molar-refractivity contribution in [2.24, 2.45) is 0 Å². The molecule has 1 N–H and O–H groups in total. The van der Waals surface area contributed by atoms with Crippen molar-refractivity contribution >= 4 is 39.2 Å². The Kier molecular flexibility index (Phi) is 5.56. The second kappa shape index (κ2) is 8.26. The number of para-hydroxylation sites is 2. The molecule has 3 aliphatic rings. The fraction of sp³-hybridized carbons (Fsp3) is 0.455. The number of anilines is 1. The zero-order chi connectivity index (χ0) is 22.3. The maximum atomic E-state index is 13.3. The van der Waals surface area contributed by atoms with Crippen molar-refractivity contribution in [1.82, 2.24) is 9.21 Å². The number of thiophene rings is 1. The third-order valence-electron chi connectivity index (χ3n) is 6.50. The Labute approximate surface area is 191 Å². The lowest BCUT2D eigenvalue weighted by atomic mass is 9.87. The first kappa shape index (κ1) is 21.6. The molecule has 5 rings (SSSR count). The van der Waals surface area contributed by atoms with Crippen LogP contribution in [-0.4, -0.2) is 56.8 Å². The van der Waals surface area contributed by atoms with E-state index in [1.807, 2.05) is 24.3 Å². The normalized spacial score (nSPS) is 24.8. The van der Waals surface area contributed by atoms with Crippen LogP contribution in [0.1, 0.15) is 32.1 Å². The highest BCUT2D eigenvalue weighted by Crippen LogP contribution is 2.39. The number of nitrogens with zero attached hydrogens (tertiary/aromatic N) is 2. The number of hydrogen-bond acceptors (Lipinski definition) is 6. The molecule has 1 spiro atoms. The number of fused-ring (bicyclic) bond motifs is 1. The van der Waals surface area contributed by atoms with Crippen molar-refractivity contribution in [3.8, 4) is 5.75 Å². The lowest BCUT2D eigenvalue weighted by molar-refractivity contribution is -0.138. The molecule has 3 aliphatic heterocycles. The average molecular weight is 476 g/mol. The van der Waals surface area contributed by atoms with Gasteiger partial charge in [-0.3, -0.25) is 9.59 Å². The van der Waals surface area contributed by atoms with E-state index in [-0.39, 0.29) is 22.4 Å². The highest BCUT2D eigenvalue weighted by atomic mass is 32.3. The van der Waals surface area contributed by atoms with E-state index in [1.54, 1.807) is 22.4 Å². The van der Waals surface area contributed by atoms with Gasteiger partial charge in [0, 0.05) is 38.5 Å². The molecule has 8 nitrogen and oxygen atoms in total. The van der Waals surface area contributed by atoms with Crippen LogP contribution in [0.4, 0.5) is 5.69 Å². The quantitative estimate of drug-likeness (QED) is 0.688. The molecule has 0 bridgehead atoms. The van der Waals surface area contributed by atoms with Crippen molar-refractivity contribution in [3.05, 3.63) is 41.8 Å². The van der Waals surface area contributed by atoms with Gasteiger partial charge in [0.25, 0.3) is 0 Å². The van der Waals surface area contributed by atoms with Crippen LogP contribution in [-0.2, 0) is 24.2 Å². The number of nitrogens with one attached hydrogen (secondary N) is 1. The van der Waals surface area contributed by atoms with E-state index in [2.05, 4.69) is 5.32 Å². The zero-order valence-corrected chi connectivity index (χ0v) is 19.2. The van der Waals surface area contributed by atoms with Crippen molar-refractivity contribution in [2.75, 3.05) is 25.0 Å². The molecule has 170 valence electrons. The first-order valence-electron chi connectivity index (χ1n) is 10.8. The summed E-state index contributed by atoms with van der Waals surface area (Å²) in [5, 5.41) is 4.62. The summed E-state index contributed by atoms with van der Waals surface area (Å²) in [6.07, 6.45) is 2.46. The Bertz CT molecular complexity index is 1070. The van der Waals surface area contributed by atoms with Gasteiger partial charge in [0.15, 0.2) is 10.4 Å². The van der Waals surface area contributed by atoms with E-state index in [0.717, 1.165) is 0 Å². The van der Waals surface area contributed by atoms with Gasteiger partial charge in [-0.25, -0.2) is 0 Å². The third kappa shape index (κ3) is 3.85. The predicted octanol–water partition coefficient (Wildman–Crippen LogP) is 2.90. The molecule has 1 aromatic carbocycles. The number of rotatable bonds is 3. The summed E-state index contributed by atoms with van der Waals surface area (Å²) < 4.78 is 34.0. The lowest BCUT2D eigenvalue weighted by Crippen LogP contribution is -2.55. The van der Waals surface area contributed by atoms with E-state index < -0.39 is 22.0 Å². The van der Waals surface area contributed by atoms with E-state index in [4.69, 9.17) is 4.74 Å². The molecule has 0 radical (unpaired) electrons. The van der Waals surface area contributed by atoms with Gasteiger partial charge in [0.2, 0.25) is 16.0 Å². The van der Waals surface area contributed by atoms with Gasteiger partial charge in [-0.05, 0) is 36.4 Å². The maximum absolute atomic E-state index is 13.3. The van der Waals surface area contributed by atoms with Crippen LogP contribution in [0.5, 0.6) is 5.75 Å². The molecule has 2 fully saturated rings. The molecule has 2 aromatic rings. The maximum Gasteiger partial charge on any atom is 0.244 e. The van der Waals surface area contributed by atoms with Crippen LogP contribution in [0.25, 0.3) is 0 Å². The average Bonchev–Trinajstić information content (AvgIpc) is 3.46. The first-order valence-corrected chi connectivity index (χ1v) is 13.1. The number of likely N-dealkylation sites (tertiary alicyclic amines) is 1. The summed E-state index contributed by atoms with van der Waals surface area (Å²) in [6.45, 7) is 1.21. The van der Waals surface area contributed by atoms with Crippen LogP contribution in [0, 0.1) is 0 Å². The number of ether oxygens (including phenoxy) is 1. The number of sulfonamides is 1. The molecule has 10 heteroatoms. The molecule has 2 atom stereocenters. The zero-order valence-electron chi connectivity index (χ0n) is 17.5. The monoisotopic (exact) mass is 475 g/mol. The molecule has 32 heavy (non-hydrogen) atoms. The minimum Gasteiger partial charge on any atom is -0.592 e. The summed E-state index contributed by atoms with van der Waals surface area (Å²) in [7, 11) is -3.67. The topological polar surface area (TPSA) is 102 Å². The second-order valence-electron chi connectivity index (χ2n) is 8.54. The third-order valence-corrected chi connectivity index (χ3v) is 9.78. The van der Waals surface area contributed by atoms with Crippen molar-refractivity contribution in [2.45, 2.75) is 48.0 Å². The van der Waals surface area contributed by atoms with E-state index in [0.29, 0.717) is 56.8 Å². The van der Waals surface area contributed by atoms with Crippen LogP contribution >= 0.6 is 11.3 Å². The lowest BCUT2D eigenvalue weighted by Gasteiger charge is -2.41. The number of carbonyl (C=O) groups is 2. The number of benzene rings is 1. The molecule has 2 amide bonds. The highest BCUT2D eigenvalue weighted by Gasteiger charge is 2.48. The SMILES string of the molecule is O=C1CC2(CCN(C(=O)C3CCCN3[S+](=O)([O-])c3cccs3)CC2)Oc2ccccc2N1. The van der Waals surface area contributed by atoms with Crippen LogP contribution < -0.4 is 10.1 Å². The standard InChI is InChI=1S/C22H25N3O5S2/c26-19-15-22(30-18-7-2-1-5-16(18)23-19)9-12-24(13-10-22)21(27)17-6-3-11-25(17)32(28,29)20-8-4-14-31-20/h1-2,4-5,7-8,14,17H,3,6,9-13,15H2,(H-,23,26,28,29). The van der Waals surface area contributed by atoms with Gasteiger partial charge in [-0.15, -0.1) is 4.31 Å². The minimum absolute atomic E-state index is 0.0984. The van der Waals surface area contributed by atoms with Gasteiger partial charge in [0.1, 0.15) is 17.4 Å². The highest BCUT2D eigenvalue weighted by molar-refractivity contribution is 7.97. The molecule has 4 heterocycles. The molecule has 1 aromatic heterocycles. The Morgan fingerprint density at radius 3 is 2.72 bits per heavy atom. The second-order valence-corrected chi connectivity index (χ2v) is 11.6. The summed E-state index contributed by atoms with van der Waals surface area (Å²) >= 11 is 1.17. The Morgan fingerprint density at radius 2 is 1.97 bits per heavy atom. The molecule has 2 unspecified atom stereocenters. The number of amides is 2. The van der Waals surface area contributed by atoms with Gasteiger partial charge in [-0.1, -0.05) is 27.7 Å². The predicted molar refractivity (Wildman–Crippen MR) is 120 cm³/mol. The molecular formula is C22H25N3O5S2. The van der Waals surface area contributed by atoms with Crippen LogP contribution in [0.15, 0.2) is 46.0 Å². The van der Waals surface area contributed by atoms with Gasteiger partial charge in [-0.2, -0.15) is 0 Å². The number of piperidine rings is 1. The Hall–Kier alpha value is -2.27. The smallest absolute Gasteiger partial charge is 0.244 e. The van der Waals surface area contributed by atoms with Gasteiger partial charge < -0.3 is 19.5 Å². The van der Waals surface area contributed by atoms with E-state index >= 15 is 0 Å². The fourth-order valence-corrected chi connectivity index (χ4v) is 7.61. The Morgan fingerprint density at radius 1 is 1.19 bits per heavy atom. The minimum atomic E-state index is -3.67. The largest absolute Gasteiger partial charge is 0.592 e. The molecule has 2 saturated heterocycles. The number of carbonyl (C=O) groups excluding carboxylic acids is 2. The first-order chi connectivity index (χ1) is 15.4.